The van der Waals surface area contributed by atoms with Crippen molar-refractivity contribution in [1.82, 2.24) is 16.2 Å². The lowest BCUT2D eigenvalue weighted by Gasteiger charge is -2.11. The Labute approximate surface area is 170 Å². The topological polar surface area (TPSA) is 123 Å². The molecule has 0 aromatic heterocycles. The SMILES string of the molecule is O=C(COc1ccc([N+](=O)[O-])cc1)NNC(=S)NC(=O)Cc1ccc(Cl)cc1. The molecule has 9 nitrogen and oxygen atoms in total. The number of benzene rings is 2. The summed E-state index contributed by atoms with van der Waals surface area (Å²) >= 11 is 10.7. The number of carbonyl (C=O) groups excluding carboxylic acids is 2. The van der Waals surface area contributed by atoms with Gasteiger partial charge in [0, 0.05) is 17.2 Å². The molecule has 0 saturated heterocycles. The van der Waals surface area contributed by atoms with Gasteiger partial charge in [-0.2, -0.15) is 0 Å². The first-order valence-electron chi connectivity index (χ1n) is 7.84. The van der Waals surface area contributed by atoms with Gasteiger partial charge in [-0.3, -0.25) is 30.6 Å². The molecule has 0 aliphatic rings. The molecule has 0 spiro atoms. The van der Waals surface area contributed by atoms with Crippen LogP contribution in [0.2, 0.25) is 5.02 Å². The molecule has 2 aromatic rings. The molecule has 28 heavy (non-hydrogen) atoms. The van der Waals surface area contributed by atoms with Crippen LogP contribution in [0.4, 0.5) is 5.69 Å². The van der Waals surface area contributed by atoms with E-state index in [0.717, 1.165) is 5.56 Å². The Balaban J connectivity index is 1.68. The number of nitro groups is 1. The van der Waals surface area contributed by atoms with Gasteiger partial charge < -0.3 is 10.1 Å². The smallest absolute Gasteiger partial charge is 0.276 e. The van der Waals surface area contributed by atoms with E-state index in [1.165, 1.54) is 24.3 Å². The van der Waals surface area contributed by atoms with Crippen molar-refractivity contribution in [3.8, 4) is 5.75 Å². The molecule has 146 valence electrons. The van der Waals surface area contributed by atoms with Crippen molar-refractivity contribution in [3.63, 3.8) is 0 Å². The van der Waals surface area contributed by atoms with E-state index in [-0.39, 0.29) is 29.7 Å². The number of hydrogen-bond acceptors (Lipinski definition) is 6. The summed E-state index contributed by atoms with van der Waals surface area (Å²) < 4.78 is 5.19. The van der Waals surface area contributed by atoms with Crippen molar-refractivity contribution in [2.45, 2.75) is 6.42 Å². The van der Waals surface area contributed by atoms with E-state index in [4.69, 9.17) is 28.6 Å². The van der Waals surface area contributed by atoms with E-state index in [9.17, 15) is 19.7 Å². The summed E-state index contributed by atoms with van der Waals surface area (Å²) in [4.78, 5) is 33.6. The van der Waals surface area contributed by atoms with E-state index < -0.39 is 10.8 Å². The Morgan fingerprint density at radius 3 is 2.29 bits per heavy atom. The summed E-state index contributed by atoms with van der Waals surface area (Å²) in [6.07, 6.45) is 0.0934. The molecule has 0 aliphatic carbocycles. The molecular weight excluding hydrogens is 408 g/mol. The first-order chi connectivity index (χ1) is 13.3. The zero-order valence-corrected chi connectivity index (χ0v) is 15.9. The minimum atomic E-state index is -0.562. The van der Waals surface area contributed by atoms with Gasteiger partial charge in [-0.1, -0.05) is 23.7 Å². The second-order valence-corrected chi connectivity index (χ2v) is 6.24. The Morgan fingerprint density at radius 2 is 1.68 bits per heavy atom. The standard InChI is InChI=1S/C17H15ClN4O5S/c18-12-3-1-11(2-4-12)9-15(23)19-17(28)21-20-16(24)10-27-14-7-5-13(6-8-14)22(25)26/h1-8H,9-10H2,(H,20,24)(H2,19,21,23,28). The van der Waals surface area contributed by atoms with Gasteiger partial charge in [0.25, 0.3) is 11.6 Å². The minimum Gasteiger partial charge on any atom is -0.484 e. The molecule has 0 saturated carbocycles. The number of non-ortho nitro benzene ring substituents is 1. The van der Waals surface area contributed by atoms with E-state index in [1.807, 2.05) is 0 Å². The van der Waals surface area contributed by atoms with Gasteiger partial charge in [0.1, 0.15) is 5.75 Å². The van der Waals surface area contributed by atoms with E-state index in [2.05, 4.69) is 16.2 Å². The fraction of sp³-hybridized carbons (Fsp3) is 0.118. The summed E-state index contributed by atoms with van der Waals surface area (Å²) in [7, 11) is 0. The van der Waals surface area contributed by atoms with E-state index in [0.29, 0.717) is 10.8 Å². The van der Waals surface area contributed by atoms with Crippen LogP contribution in [0.25, 0.3) is 0 Å². The van der Waals surface area contributed by atoms with Crippen LogP contribution in [-0.2, 0) is 16.0 Å². The third kappa shape index (κ3) is 7.17. The highest BCUT2D eigenvalue weighted by molar-refractivity contribution is 7.80. The van der Waals surface area contributed by atoms with Crippen LogP contribution < -0.4 is 20.9 Å². The average molecular weight is 423 g/mol. The molecule has 0 heterocycles. The number of rotatable bonds is 6. The number of thiocarbonyl (C=S) groups is 1. The van der Waals surface area contributed by atoms with Crippen molar-refractivity contribution < 1.29 is 19.2 Å². The number of carbonyl (C=O) groups is 2. The Morgan fingerprint density at radius 1 is 1.04 bits per heavy atom. The summed E-state index contributed by atoms with van der Waals surface area (Å²) in [6, 6.07) is 12.1. The molecule has 2 amide bonds. The summed E-state index contributed by atoms with van der Waals surface area (Å²) in [6.45, 7) is -0.355. The predicted octanol–water partition coefficient (Wildman–Crippen LogP) is 1.89. The van der Waals surface area contributed by atoms with Gasteiger partial charge in [-0.15, -0.1) is 0 Å². The lowest BCUT2D eigenvalue weighted by Crippen LogP contribution is -2.49. The number of halogens is 1. The van der Waals surface area contributed by atoms with Crippen LogP contribution in [0.15, 0.2) is 48.5 Å². The van der Waals surface area contributed by atoms with Crippen LogP contribution in [-0.4, -0.2) is 28.5 Å². The van der Waals surface area contributed by atoms with Crippen molar-refractivity contribution >= 4 is 46.4 Å². The Kier molecular flexibility index (Phi) is 7.66. The Bertz CT molecular complexity index is 874. The third-order valence-corrected chi connectivity index (χ3v) is 3.72. The second kappa shape index (κ2) is 10.2. The maximum absolute atomic E-state index is 11.9. The molecule has 0 atom stereocenters. The maximum Gasteiger partial charge on any atom is 0.276 e. The average Bonchev–Trinajstić information content (AvgIpc) is 2.66. The number of amides is 2. The lowest BCUT2D eigenvalue weighted by atomic mass is 10.1. The van der Waals surface area contributed by atoms with Crippen LogP contribution >= 0.6 is 23.8 Å². The minimum absolute atomic E-state index is 0.0809. The number of hydrazine groups is 1. The number of nitrogens with zero attached hydrogens (tertiary/aromatic N) is 1. The van der Waals surface area contributed by atoms with Gasteiger partial charge in [-0.25, -0.2) is 0 Å². The van der Waals surface area contributed by atoms with E-state index in [1.54, 1.807) is 24.3 Å². The molecule has 0 unspecified atom stereocenters. The quantitative estimate of drug-likeness (QED) is 0.369. The van der Waals surface area contributed by atoms with Gasteiger partial charge in [0.15, 0.2) is 11.7 Å². The van der Waals surface area contributed by atoms with Crippen LogP contribution in [0, 0.1) is 10.1 Å². The van der Waals surface area contributed by atoms with Crippen LogP contribution in [0.1, 0.15) is 5.56 Å². The summed E-state index contributed by atoms with van der Waals surface area (Å²) in [5.41, 5.74) is 5.31. The van der Waals surface area contributed by atoms with Gasteiger partial charge in [0.05, 0.1) is 11.3 Å². The summed E-state index contributed by atoms with van der Waals surface area (Å²) in [5, 5.41) is 13.5. The fourth-order valence-corrected chi connectivity index (χ4v) is 2.26. The zero-order valence-electron chi connectivity index (χ0n) is 14.3. The number of nitrogens with one attached hydrogen (secondary N) is 3. The predicted molar refractivity (Wildman–Crippen MR) is 106 cm³/mol. The summed E-state index contributed by atoms with van der Waals surface area (Å²) in [5.74, 6) is -0.636. The molecule has 3 N–H and O–H groups in total. The number of ether oxygens (including phenoxy) is 1. The lowest BCUT2D eigenvalue weighted by molar-refractivity contribution is -0.384. The van der Waals surface area contributed by atoms with Crippen molar-refractivity contribution in [3.05, 3.63) is 69.2 Å². The molecular formula is C17H15ClN4O5S. The van der Waals surface area contributed by atoms with Crippen LogP contribution in [0.3, 0.4) is 0 Å². The Hall–Kier alpha value is -3.24. The number of nitro benzene ring substituents is 1. The van der Waals surface area contributed by atoms with E-state index >= 15 is 0 Å². The molecule has 11 heteroatoms. The fourth-order valence-electron chi connectivity index (χ4n) is 1.97. The highest BCUT2D eigenvalue weighted by atomic mass is 35.5. The van der Waals surface area contributed by atoms with Crippen molar-refractivity contribution in [1.29, 1.82) is 0 Å². The zero-order chi connectivity index (χ0) is 20.5. The van der Waals surface area contributed by atoms with Crippen molar-refractivity contribution in [2.24, 2.45) is 0 Å². The first kappa shape index (κ1) is 21.1. The van der Waals surface area contributed by atoms with Gasteiger partial charge >= 0.3 is 0 Å². The second-order valence-electron chi connectivity index (χ2n) is 5.39. The molecule has 2 rings (SSSR count). The normalized spacial score (nSPS) is 9.89. The molecule has 0 fully saturated rings. The molecule has 0 radical (unpaired) electrons. The molecule has 2 aromatic carbocycles. The van der Waals surface area contributed by atoms with Gasteiger partial charge in [-0.05, 0) is 42.0 Å². The highest BCUT2D eigenvalue weighted by Crippen LogP contribution is 2.17. The first-order valence-corrected chi connectivity index (χ1v) is 8.62. The third-order valence-electron chi connectivity index (χ3n) is 3.26. The maximum atomic E-state index is 11.9. The molecule has 0 bridgehead atoms. The number of hydrogen-bond donors (Lipinski definition) is 3. The van der Waals surface area contributed by atoms with Crippen LogP contribution in [0.5, 0.6) is 5.75 Å². The van der Waals surface area contributed by atoms with Gasteiger partial charge in [0.2, 0.25) is 5.91 Å². The largest absolute Gasteiger partial charge is 0.484 e. The van der Waals surface area contributed by atoms with Crippen molar-refractivity contribution in [2.75, 3.05) is 6.61 Å². The molecule has 0 aliphatic heterocycles. The highest BCUT2D eigenvalue weighted by Gasteiger charge is 2.09. The monoisotopic (exact) mass is 422 g/mol.